The third-order valence-corrected chi connectivity index (χ3v) is 3.99. The molecule has 3 nitrogen and oxygen atoms in total. The van der Waals surface area contributed by atoms with Crippen LogP contribution in [0.2, 0.25) is 0 Å². The van der Waals surface area contributed by atoms with Crippen LogP contribution in [0.25, 0.3) is 0 Å². The fraction of sp³-hybridized carbons (Fsp3) is 0.917. The summed E-state index contributed by atoms with van der Waals surface area (Å²) in [6.45, 7) is 3.02. The van der Waals surface area contributed by atoms with E-state index in [1.807, 2.05) is 6.92 Å². The van der Waals surface area contributed by atoms with Crippen LogP contribution in [0.15, 0.2) is 0 Å². The van der Waals surface area contributed by atoms with Crippen LogP contribution in [0, 0.1) is 11.8 Å². The second kappa shape index (κ2) is 5.07. The normalized spacial score (nSPS) is 33.8. The second-order valence-corrected chi connectivity index (χ2v) is 5.36. The number of alkyl halides is 3. The van der Waals surface area contributed by atoms with Crippen LogP contribution in [-0.2, 0) is 4.79 Å². The van der Waals surface area contributed by atoms with E-state index in [1.54, 1.807) is 0 Å². The number of amides is 1. The van der Waals surface area contributed by atoms with Crippen LogP contribution in [0.1, 0.15) is 26.2 Å². The summed E-state index contributed by atoms with van der Waals surface area (Å²) >= 11 is 0. The Balaban J connectivity index is 1.98. The fourth-order valence-electron chi connectivity index (χ4n) is 2.81. The minimum atomic E-state index is -4.19. The molecule has 2 saturated heterocycles. The summed E-state index contributed by atoms with van der Waals surface area (Å²) in [4.78, 5) is 13.6. The molecule has 0 radical (unpaired) electrons. The van der Waals surface area contributed by atoms with Gasteiger partial charge in [-0.3, -0.25) is 4.79 Å². The van der Waals surface area contributed by atoms with Crippen molar-refractivity contribution < 1.29 is 18.0 Å². The maximum atomic E-state index is 12.7. The van der Waals surface area contributed by atoms with E-state index in [4.69, 9.17) is 0 Å². The lowest BCUT2D eigenvalue weighted by molar-refractivity contribution is -0.188. The van der Waals surface area contributed by atoms with Gasteiger partial charge in [0.15, 0.2) is 0 Å². The van der Waals surface area contributed by atoms with Gasteiger partial charge in [-0.25, -0.2) is 0 Å². The molecule has 0 aliphatic carbocycles. The molecule has 2 rings (SSSR count). The van der Waals surface area contributed by atoms with Crippen molar-refractivity contribution in [3.8, 4) is 0 Å². The lowest BCUT2D eigenvalue weighted by Crippen LogP contribution is -2.51. The van der Waals surface area contributed by atoms with E-state index in [0.717, 1.165) is 13.0 Å². The zero-order chi connectivity index (χ0) is 13.3. The molecule has 2 heterocycles. The molecule has 3 atom stereocenters. The summed E-state index contributed by atoms with van der Waals surface area (Å²) in [7, 11) is 0. The van der Waals surface area contributed by atoms with Crippen molar-refractivity contribution in [3.63, 3.8) is 0 Å². The minimum Gasteiger partial charge on any atom is -0.341 e. The highest BCUT2D eigenvalue weighted by Gasteiger charge is 2.44. The first-order valence-corrected chi connectivity index (χ1v) is 6.48. The molecule has 1 amide bonds. The van der Waals surface area contributed by atoms with Crippen molar-refractivity contribution in [2.75, 3.05) is 19.6 Å². The van der Waals surface area contributed by atoms with E-state index in [1.165, 1.54) is 4.90 Å². The molecule has 0 saturated carbocycles. The molecule has 0 aromatic carbocycles. The summed E-state index contributed by atoms with van der Waals surface area (Å²) in [5, 5.41) is 3.08. The largest absolute Gasteiger partial charge is 0.393 e. The predicted molar refractivity (Wildman–Crippen MR) is 60.9 cm³/mol. The maximum Gasteiger partial charge on any atom is 0.393 e. The Morgan fingerprint density at radius 1 is 1.33 bits per heavy atom. The topological polar surface area (TPSA) is 32.3 Å². The number of halogens is 3. The van der Waals surface area contributed by atoms with Gasteiger partial charge in [0.2, 0.25) is 5.91 Å². The number of hydrogen-bond donors (Lipinski definition) is 1. The van der Waals surface area contributed by atoms with E-state index >= 15 is 0 Å². The first-order valence-electron chi connectivity index (χ1n) is 6.48. The zero-order valence-electron chi connectivity index (χ0n) is 10.5. The summed E-state index contributed by atoms with van der Waals surface area (Å²) in [6.07, 6.45) is -2.70. The van der Waals surface area contributed by atoms with Gasteiger partial charge in [0.1, 0.15) is 0 Å². The lowest BCUT2D eigenvalue weighted by Gasteiger charge is -2.35. The maximum absolute atomic E-state index is 12.7. The summed E-state index contributed by atoms with van der Waals surface area (Å²) in [6, 6.07) is -0.294. The zero-order valence-corrected chi connectivity index (χ0v) is 10.5. The number of rotatable bonds is 1. The number of carbonyl (C=O) groups is 1. The number of nitrogens with zero attached hydrogens (tertiary/aromatic N) is 1. The standard InChI is InChI=1S/C12H19F3N2O/c1-8-4-5-16-10(8)11(18)17-6-2-3-9(7-17)12(13,14)15/h8-10,16H,2-7H2,1H3. The molecule has 104 valence electrons. The Kier molecular flexibility index (Phi) is 3.84. The Morgan fingerprint density at radius 2 is 2.06 bits per heavy atom. The first-order chi connectivity index (χ1) is 8.39. The Hall–Kier alpha value is -0.780. The summed E-state index contributed by atoms with van der Waals surface area (Å²) < 4.78 is 38.0. The van der Waals surface area contributed by atoms with Crippen molar-refractivity contribution in [3.05, 3.63) is 0 Å². The monoisotopic (exact) mass is 264 g/mol. The van der Waals surface area contributed by atoms with Crippen molar-refractivity contribution in [1.82, 2.24) is 10.2 Å². The van der Waals surface area contributed by atoms with Gasteiger partial charge in [0.25, 0.3) is 0 Å². The molecule has 2 fully saturated rings. The van der Waals surface area contributed by atoms with E-state index in [-0.39, 0.29) is 30.8 Å². The van der Waals surface area contributed by atoms with E-state index < -0.39 is 12.1 Å². The van der Waals surface area contributed by atoms with Gasteiger partial charge in [0.05, 0.1) is 12.0 Å². The van der Waals surface area contributed by atoms with Crippen LogP contribution in [0.4, 0.5) is 13.2 Å². The molecule has 6 heteroatoms. The van der Waals surface area contributed by atoms with Crippen molar-refractivity contribution in [1.29, 1.82) is 0 Å². The molecule has 18 heavy (non-hydrogen) atoms. The van der Waals surface area contributed by atoms with Crippen molar-refractivity contribution in [2.45, 2.75) is 38.4 Å². The molecular weight excluding hydrogens is 245 g/mol. The van der Waals surface area contributed by atoms with Gasteiger partial charge in [0, 0.05) is 13.1 Å². The van der Waals surface area contributed by atoms with Crippen LogP contribution >= 0.6 is 0 Å². The second-order valence-electron chi connectivity index (χ2n) is 5.36. The molecular formula is C12H19F3N2O. The van der Waals surface area contributed by atoms with Crippen molar-refractivity contribution in [2.24, 2.45) is 11.8 Å². The molecule has 2 aliphatic heterocycles. The summed E-state index contributed by atoms with van der Waals surface area (Å²) in [5.74, 6) is -1.30. The molecule has 3 unspecified atom stereocenters. The SMILES string of the molecule is CC1CCNC1C(=O)N1CCCC(C(F)(F)F)C1. The van der Waals surface area contributed by atoms with Crippen LogP contribution in [-0.4, -0.2) is 42.7 Å². The smallest absolute Gasteiger partial charge is 0.341 e. The van der Waals surface area contributed by atoms with Gasteiger partial charge in [-0.2, -0.15) is 13.2 Å². The third kappa shape index (κ3) is 2.79. The van der Waals surface area contributed by atoms with E-state index in [2.05, 4.69) is 5.32 Å². The van der Waals surface area contributed by atoms with Gasteiger partial charge in [-0.1, -0.05) is 6.92 Å². The average molecular weight is 264 g/mol. The molecule has 0 aromatic rings. The highest BCUT2D eigenvalue weighted by molar-refractivity contribution is 5.82. The number of hydrogen-bond acceptors (Lipinski definition) is 2. The number of carbonyl (C=O) groups excluding carboxylic acids is 1. The number of likely N-dealkylation sites (tertiary alicyclic amines) is 1. The molecule has 0 bridgehead atoms. The fourth-order valence-corrected chi connectivity index (χ4v) is 2.81. The highest BCUT2D eigenvalue weighted by Crippen LogP contribution is 2.33. The Morgan fingerprint density at radius 3 is 2.61 bits per heavy atom. The Bertz CT molecular complexity index is 319. The lowest BCUT2D eigenvalue weighted by atomic mass is 9.95. The molecule has 0 aromatic heterocycles. The number of piperidine rings is 1. The van der Waals surface area contributed by atoms with Crippen molar-refractivity contribution >= 4 is 5.91 Å². The Labute approximate surface area is 105 Å². The van der Waals surface area contributed by atoms with Crippen LogP contribution in [0.3, 0.4) is 0 Å². The molecule has 1 N–H and O–H groups in total. The quantitative estimate of drug-likeness (QED) is 0.783. The van der Waals surface area contributed by atoms with Gasteiger partial charge in [-0.15, -0.1) is 0 Å². The average Bonchev–Trinajstić information content (AvgIpc) is 2.73. The predicted octanol–water partition coefficient (Wildman–Crippen LogP) is 1.79. The molecule has 0 spiro atoms. The minimum absolute atomic E-state index is 0.140. The van der Waals surface area contributed by atoms with Gasteiger partial charge < -0.3 is 10.2 Å². The molecule has 2 aliphatic rings. The first kappa shape index (κ1) is 13.6. The van der Waals surface area contributed by atoms with Crippen LogP contribution < -0.4 is 5.32 Å². The number of nitrogens with one attached hydrogen (secondary N) is 1. The summed E-state index contributed by atoms with van der Waals surface area (Å²) in [5.41, 5.74) is 0. The third-order valence-electron chi connectivity index (χ3n) is 3.99. The highest BCUT2D eigenvalue weighted by atomic mass is 19.4. The van der Waals surface area contributed by atoms with E-state index in [9.17, 15) is 18.0 Å². The van der Waals surface area contributed by atoms with E-state index in [0.29, 0.717) is 13.0 Å². The van der Waals surface area contributed by atoms with Gasteiger partial charge >= 0.3 is 6.18 Å². The van der Waals surface area contributed by atoms with Gasteiger partial charge in [-0.05, 0) is 31.7 Å². The van der Waals surface area contributed by atoms with Crippen LogP contribution in [0.5, 0.6) is 0 Å².